The lowest BCUT2D eigenvalue weighted by molar-refractivity contribution is 0.255. The van der Waals surface area contributed by atoms with Crippen LogP contribution in [0.15, 0.2) is 0 Å². The molecular formula is C14H26N2S. The maximum absolute atomic E-state index is 3.84. The number of thioether (sulfide) groups is 1. The summed E-state index contributed by atoms with van der Waals surface area (Å²) in [7, 11) is 0. The summed E-state index contributed by atoms with van der Waals surface area (Å²) >= 11 is 2.17. The number of nitrogens with zero attached hydrogens (tertiary/aromatic N) is 1. The Morgan fingerprint density at radius 2 is 2.24 bits per heavy atom. The van der Waals surface area contributed by atoms with E-state index in [1.165, 1.54) is 50.9 Å². The highest BCUT2D eigenvalue weighted by Gasteiger charge is 2.39. The van der Waals surface area contributed by atoms with Gasteiger partial charge in [-0.2, -0.15) is 11.8 Å². The number of nitrogens with one attached hydrogen (secondary N) is 1. The predicted molar refractivity (Wildman–Crippen MR) is 75.7 cm³/mol. The summed E-state index contributed by atoms with van der Waals surface area (Å²) in [6.45, 7) is 7.36. The number of hydrogen-bond acceptors (Lipinski definition) is 3. The second-order valence-electron chi connectivity index (χ2n) is 6.49. The van der Waals surface area contributed by atoms with Gasteiger partial charge in [-0.15, -0.1) is 0 Å². The minimum Gasteiger partial charge on any atom is -0.311 e. The minimum absolute atomic E-state index is 0.524. The van der Waals surface area contributed by atoms with Crippen molar-refractivity contribution in [1.29, 1.82) is 0 Å². The van der Waals surface area contributed by atoms with Gasteiger partial charge in [0.05, 0.1) is 0 Å². The van der Waals surface area contributed by atoms with Crippen molar-refractivity contribution in [3.05, 3.63) is 0 Å². The average molecular weight is 254 g/mol. The number of rotatable bonds is 4. The van der Waals surface area contributed by atoms with E-state index in [0.29, 0.717) is 4.75 Å². The van der Waals surface area contributed by atoms with Crippen molar-refractivity contribution < 1.29 is 0 Å². The molecule has 3 aliphatic rings. The third-order valence-corrected chi connectivity index (χ3v) is 6.24. The van der Waals surface area contributed by atoms with E-state index >= 15 is 0 Å². The standard InChI is InChI=1S/C14H26N2S/c1-11-8-12(9-16(11)13-4-5-13)15-10-14(2)6-3-7-17-14/h11-13,15H,3-10H2,1-2H3. The van der Waals surface area contributed by atoms with Gasteiger partial charge < -0.3 is 5.32 Å². The van der Waals surface area contributed by atoms with Gasteiger partial charge in [-0.3, -0.25) is 4.90 Å². The fourth-order valence-corrected chi connectivity index (χ4v) is 4.71. The van der Waals surface area contributed by atoms with Gasteiger partial charge >= 0.3 is 0 Å². The predicted octanol–water partition coefficient (Wildman–Crippen LogP) is 2.49. The van der Waals surface area contributed by atoms with Gasteiger partial charge in [0.2, 0.25) is 0 Å². The van der Waals surface area contributed by atoms with Crippen molar-refractivity contribution in [3.8, 4) is 0 Å². The van der Waals surface area contributed by atoms with E-state index in [9.17, 15) is 0 Å². The van der Waals surface area contributed by atoms with Crippen molar-refractivity contribution in [3.63, 3.8) is 0 Å². The smallest absolute Gasteiger partial charge is 0.0256 e. The Kier molecular flexibility index (Phi) is 3.44. The van der Waals surface area contributed by atoms with Crippen LogP contribution in [0, 0.1) is 0 Å². The van der Waals surface area contributed by atoms with Crippen LogP contribution in [0.2, 0.25) is 0 Å². The first-order valence-electron chi connectivity index (χ1n) is 7.29. The van der Waals surface area contributed by atoms with Crippen molar-refractivity contribution in [2.24, 2.45) is 0 Å². The van der Waals surface area contributed by atoms with E-state index < -0.39 is 0 Å². The first-order chi connectivity index (χ1) is 8.16. The molecule has 0 aromatic heterocycles. The lowest BCUT2D eigenvalue weighted by Crippen LogP contribution is -2.41. The second kappa shape index (κ2) is 4.75. The first-order valence-corrected chi connectivity index (χ1v) is 8.28. The highest BCUT2D eigenvalue weighted by Crippen LogP contribution is 2.38. The highest BCUT2D eigenvalue weighted by atomic mass is 32.2. The summed E-state index contributed by atoms with van der Waals surface area (Å²) in [5.74, 6) is 1.37. The monoisotopic (exact) mass is 254 g/mol. The molecule has 2 nitrogen and oxygen atoms in total. The van der Waals surface area contributed by atoms with Crippen LogP contribution in [-0.2, 0) is 0 Å². The summed E-state index contributed by atoms with van der Waals surface area (Å²) < 4.78 is 0.524. The lowest BCUT2D eigenvalue weighted by atomic mass is 10.0. The fraction of sp³-hybridized carbons (Fsp3) is 1.00. The molecule has 3 fully saturated rings. The van der Waals surface area contributed by atoms with Crippen LogP contribution in [0.3, 0.4) is 0 Å². The van der Waals surface area contributed by atoms with Crippen LogP contribution in [0.4, 0.5) is 0 Å². The second-order valence-corrected chi connectivity index (χ2v) is 8.17. The fourth-order valence-electron chi connectivity index (χ4n) is 3.46. The quantitative estimate of drug-likeness (QED) is 0.830. The van der Waals surface area contributed by atoms with E-state index in [1.54, 1.807) is 0 Å². The molecule has 1 N–H and O–H groups in total. The molecule has 17 heavy (non-hydrogen) atoms. The molecule has 3 rings (SSSR count). The van der Waals surface area contributed by atoms with E-state index in [2.05, 4.69) is 35.8 Å². The van der Waals surface area contributed by atoms with Gasteiger partial charge in [-0.05, 0) is 51.7 Å². The molecule has 1 aliphatic carbocycles. The molecule has 3 heteroatoms. The van der Waals surface area contributed by atoms with Gasteiger partial charge in [-0.25, -0.2) is 0 Å². The van der Waals surface area contributed by atoms with E-state index in [0.717, 1.165) is 18.1 Å². The zero-order valence-electron chi connectivity index (χ0n) is 11.2. The Morgan fingerprint density at radius 1 is 1.41 bits per heavy atom. The molecule has 0 bridgehead atoms. The Hall–Kier alpha value is 0.270. The van der Waals surface area contributed by atoms with Gasteiger partial charge in [0.1, 0.15) is 0 Å². The molecule has 3 unspecified atom stereocenters. The topological polar surface area (TPSA) is 15.3 Å². The van der Waals surface area contributed by atoms with Crippen molar-refractivity contribution in [2.75, 3.05) is 18.8 Å². The molecule has 2 saturated heterocycles. The highest BCUT2D eigenvalue weighted by molar-refractivity contribution is 8.00. The van der Waals surface area contributed by atoms with Crippen LogP contribution >= 0.6 is 11.8 Å². The largest absolute Gasteiger partial charge is 0.311 e. The van der Waals surface area contributed by atoms with Gasteiger partial charge in [0.15, 0.2) is 0 Å². The van der Waals surface area contributed by atoms with Crippen molar-refractivity contribution in [1.82, 2.24) is 10.2 Å². The Morgan fingerprint density at radius 3 is 2.88 bits per heavy atom. The van der Waals surface area contributed by atoms with Crippen LogP contribution in [0.1, 0.15) is 46.0 Å². The Labute approximate surface area is 110 Å². The SMILES string of the molecule is CC1CC(NCC2(C)CCCS2)CN1C1CC1. The molecule has 1 saturated carbocycles. The number of hydrogen-bond donors (Lipinski definition) is 1. The zero-order chi connectivity index (χ0) is 11.9. The van der Waals surface area contributed by atoms with Crippen molar-refractivity contribution in [2.45, 2.75) is 68.8 Å². The van der Waals surface area contributed by atoms with Crippen LogP contribution in [0.5, 0.6) is 0 Å². The molecular weight excluding hydrogens is 228 g/mol. The molecule has 0 radical (unpaired) electrons. The third-order valence-electron chi connectivity index (χ3n) is 4.70. The van der Waals surface area contributed by atoms with Crippen molar-refractivity contribution >= 4 is 11.8 Å². The zero-order valence-corrected chi connectivity index (χ0v) is 12.1. The summed E-state index contributed by atoms with van der Waals surface area (Å²) in [6, 6.07) is 2.50. The normalized spacial score (nSPS) is 43.4. The van der Waals surface area contributed by atoms with E-state index in [-0.39, 0.29) is 0 Å². The molecule has 2 heterocycles. The molecule has 0 aromatic rings. The summed E-state index contributed by atoms with van der Waals surface area (Å²) in [5.41, 5.74) is 0. The Bertz CT molecular complexity index is 271. The Balaban J connectivity index is 1.46. The molecule has 0 aromatic carbocycles. The minimum atomic E-state index is 0.524. The summed E-state index contributed by atoms with van der Waals surface area (Å²) in [6.07, 6.45) is 7.07. The third kappa shape index (κ3) is 2.82. The van der Waals surface area contributed by atoms with E-state index in [4.69, 9.17) is 0 Å². The van der Waals surface area contributed by atoms with Crippen LogP contribution in [-0.4, -0.2) is 46.6 Å². The molecule has 3 atom stereocenters. The van der Waals surface area contributed by atoms with Crippen LogP contribution < -0.4 is 5.32 Å². The molecule has 0 spiro atoms. The maximum Gasteiger partial charge on any atom is 0.0256 e. The lowest BCUT2D eigenvalue weighted by Gasteiger charge is -2.25. The van der Waals surface area contributed by atoms with Gasteiger partial charge in [0.25, 0.3) is 0 Å². The average Bonchev–Trinajstić information content (AvgIpc) is 2.95. The van der Waals surface area contributed by atoms with E-state index in [1.807, 2.05) is 0 Å². The molecule has 2 aliphatic heterocycles. The molecule has 98 valence electrons. The molecule has 0 amide bonds. The van der Waals surface area contributed by atoms with Gasteiger partial charge in [0, 0.05) is 36.0 Å². The first kappa shape index (κ1) is 12.3. The van der Waals surface area contributed by atoms with Gasteiger partial charge in [-0.1, -0.05) is 0 Å². The maximum atomic E-state index is 3.84. The van der Waals surface area contributed by atoms with Crippen LogP contribution in [0.25, 0.3) is 0 Å². The number of likely N-dealkylation sites (tertiary alicyclic amines) is 1. The summed E-state index contributed by atoms with van der Waals surface area (Å²) in [5, 5.41) is 3.84. The summed E-state index contributed by atoms with van der Waals surface area (Å²) in [4.78, 5) is 2.74.